The first kappa shape index (κ1) is 16.8. The van der Waals surface area contributed by atoms with E-state index in [9.17, 15) is 9.90 Å². The van der Waals surface area contributed by atoms with E-state index in [-0.39, 0.29) is 18.6 Å². The Bertz CT molecular complexity index is 507. The van der Waals surface area contributed by atoms with Gasteiger partial charge in [0.25, 0.3) is 5.91 Å². The molecule has 5 heteroatoms. The Labute approximate surface area is 132 Å². The van der Waals surface area contributed by atoms with Crippen LogP contribution >= 0.6 is 0 Å². The lowest BCUT2D eigenvalue weighted by Crippen LogP contribution is -2.52. The van der Waals surface area contributed by atoms with Crippen molar-refractivity contribution in [1.29, 1.82) is 0 Å². The number of ether oxygens (including phenoxy) is 1. The van der Waals surface area contributed by atoms with Gasteiger partial charge in [0.15, 0.2) is 0 Å². The van der Waals surface area contributed by atoms with Crippen LogP contribution in [-0.2, 0) is 0 Å². The summed E-state index contributed by atoms with van der Waals surface area (Å²) < 4.78 is 5.29. The average Bonchev–Trinajstić information content (AvgIpc) is 2.56. The molecule has 5 nitrogen and oxygen atoms in total. The number of hydrogen-bond acceptors (Lipinski definition) is 4. The van der Waals surface area contributed by atoms with Crippen molar-refractivity contribution in [3.63, 3.8) is 0 Å². The van der Waals surface area contributed by atoms with Crippen LogP contribution in [0.2, 0.25) is 0 Å². The molecule has 1 saturated heterocycles. The van der Waals surface area contributed by atoms with Crippen LogP contribution in [-0.4, -0.2) is 66.8 Å². The van der Waals surface area contributed by atoms with E-state index in [1.165, 1.54) is 0 Å². The summed E-state index contributed by atoms with van der Waals surface area (Å²) in [6, 6.07) is 5.79. The summed E-state index contributed by atoms with van der Waals surface area (Å²) in [7, 11) is 1.62. The van der Waals surface area contributed by atoms with E-state index in [1.54, 1.807) is 7.11 Å². The number of aliphatic hydroxyl groups excluding tert-OH is 1. The van der Waals surface area contributed by atoms with E-state index in [2.05, 4.69) is 11.8 Å². The lowest BCUT2D eigenvalue weighted by Gasteiger charge is -2.38. The Morgan fingerprint density at radius 2 is 2.00 bits per heavy atom. The fraction of sp³-hybridized carbons (Fsp3) is 0.588. The highest BCUT2D eigenvalue weighted by Crippen LogP contribution is 2.20. The zero-order chi connectivity index (χ0) is 16.1. The highest BCUT2D eigenvalue weighted by molar-refractivity contribution is 5.94. The third-order valence-corrected chi connectivity index (χ3v) is 4.45. The van der Waals surface area contributed by atoms with Crippen LogP contribution in [0.1, 0.15) is 29.3 Å². The molecule has 0 radical (unpaired) electrons. The van der Waals surface area contributed by atoms with Crippen LogP contribution in [0.25, 0.3) is 0 Å². The van der Waals surface area contributed by atoms with Gasteiger partial charge in [-0.05, 0) is 31.0 Å². The summed E-state index contributed by atoms with van der Waals surface area (Å²) in [5, 5.41) is 9.38. The van der Waals surface area contributed by atoms with E-state index < -0.39 is 0 Å². The predicted octanol–water partition coefficient (Wildman–Crippen LogP) is 1.53. The fourth-order valence-corrected chi connectivity index (χ4v) is 2.93. The molecular formula is C17H26N2O3. The second-order valence-electron chi connectivity index (χ2n) is 5.76. The molecule has 1 atom stereocenters. The zero-order valence-electron chi connectivity index (χ0n) is 13.7. The molecule has 1 aromatic carbocycles. The summed E-state index contributed by atoms with van der Waals surface area (Å²) in [5.41, 5.74) is 1.70. The first-order chi connectivity index (χ1) is 10.6. The molecule has 2 rings (SSSR count). The quantitative estimate of drug-likeness (QED) is 0.896. The highest BCUT2D eigenvalue weighted by atomic mass is 16.5. The van der Waals surface area contributed by atoms with Crippen LogP contribution in [0.15, 0.2) is 18.2 Å². The van der Waals surface area contributed by atoms with Crippen LogP contribution in [0.3, 0.4) is 0 Å². The van der Waals surface area contributed by atoms with Gasteiger partial charge < -0.3 is 14.7 Å². The maximum absolute atomic E-state index is 12.6. The van der Waals surface area contributed by atoms with Gasteiger partial charge in [0.2, 0.25) is 0 Å². The summed E-state index contributed by atoms with van der Waals surface area (Å²) in [6.45, 7) is 7.25. The minimum absolute atomic E-state index is 0.0509. The first-order valence-electron chi connectivity index (χ1n) is 7.89. The predicted molar refractivity (Wildman–Crippen MR) is 86.4 cm³/mol. The summed E-state index contributed by atoms with van der Waals surface area (Å²) >= 11 is 0. The number of piperazine rings is 1. The minimum atomic E-state index is 0.0509. The van der Waals surface area contributed by atoms with Gasteiger partial charge in [-0.1, -0.05) is 13.0 Å². The van der Waals surface area contributed by atoms with Crippen molar-refractivity contribution in [2.24, 2.45) is 0 Å². The molecule has 0 aromatic heterocycles. The van der Waals surface area contributed by atoms with Gasteiger partial charge in [-0.15, -0.1) is 0 Å². The molecule has 1 aliphatic heterocycles. The van der Waals surface area contributed by atoms with Gasteiger partial charge in [-0.3, -0.25) is 9.69 Å². The molecule has 0 saturated carbocycles. The molecule has 1 amide bonds. The standard InChI is InChI=1S/C17H26N2O3/c1-4-15(12-20)18-7-9-19(10-8-18)17(21)14-6-5-13(2)16(11-14)22-3/h5-6,11,15,20H,4,7-10,12H2,1-3H3. The largest absolute Gasteiger partial charge is 0.496 e. The van der Waals surface area contributed by atoms with Crippen LogP contribution in [0.4, 0.5) is 0 Å². The summed E-state index contributed by atoms with van der Waals surface area (Å²) in [6.07, 6.45) is 0.930. The fourth-order valence-electron chi connectivity index (χ4n) is 2.93. The van der Waals surface area contributed by atoms with Gasteiger partial charge in [0.05, 0.1) is 13.7 Å². The van der Waals surface area contributed by atoms with Crippen molar-refractivity contribution in [3.8, 4) is 5.75 Å². The Hall–Kier alpha value is -1.59. The molecule has 1 aliphatic rings. The van der Waals surface area contributed by atoms with Gasteiger partial charge in [-0.2, -0.15) is 0 Å². The smallest absolute Gasteiger partial charge is 0.254 e. The Morgan fingerprint density at radius 1 is 1.32 bits per heavy atom. The van der Waals surface area contributed by atoms with Crippen molar-refractivity contribution in [1.82, 2.24) is 9.80 Å². The molecule has 1 N–H and O–H groups in total. The SMILES string of the molecule is CCC(CO)N1CCN(C(=O)c2ccc(C)c(OC)c2)CC1. The normalized spacial score (nSPS) is 17.4. The van der Waals surface area contributed by atoms with Crippen LogP contribution in [0, 0.1) is 6.92 Å². The molecule has 0 spiro atoms. The van der Waals surface area contributed by atoms with E-state index >= 15 is 0 Å². The number of nitrogens with zero attached hydrogens (tertiary/aromatic N) is 2. The number of carbonyl (C=O) groups excluding carboxylic acids is 1. The molecule has 122 valence electrons. The zero-order valence-corrected chi connectivity index (χ0v) is 13.7. The Morgan fingerprint density at radius 3 is 2.55 bits per heavy atom. The van der Waals surface area contributed by atoms with Gasteiger partial charge >= 0.3 is 0 Å². The monoisotopic (exact) mass is 306 g/mol. The number of benzene rings is 1. The van der Waals surface area contributed by atoms with Crippen molar-refractivity contribution >= 4 is 5.91 Å². The highest BCUT2D eigenvalue weighted by Gasteiger charge is 2.25. The maximum atomic E-state index is 12.6. The van der Waals surface area contributed by atoms with E-state index in [0.717, 1.165) is 30.8 Å². The van der Waals surface area contributed by atoms with Crippen molar-refractivity contribution < 1.29 is 14.6 Å². The Balaban J connectivity index is 2.00. The van der Waals surface area contributed by atoms with Gasteiger partial charge in [-0.25, -0.2) is 0 Å². The van der Waals surface area contributed by atoms with Crippen molar-refractivity contribution in [2.45, 2.75) is 26.3 Å². The number of hydrogen-bond donors (Lipinski definition) is 1. The van der Waals surface area contributed by atoms with E-state index in [0.29, 0.717) is 18.7 Å². The molecular weight excluding hydrogens is 280 g/mol. The Kier molecular flexibility index (Phi) is 5.80. The summed E-state index contributed by atoms with van der Waals surface area (Å²) in [5.74, 6) is 0.797. The molecule has 0 aliphatic carbocycles. The molecule has 1 heterocycles. The second-order valence-corrected chi connectivity index (χ2v) is 5.76. The molecule has 0 bridgehead atoms. The summed E-state index contributed by atoms with van der Waals surface area (Å²) in [4.78, 5) is 16.7. The van der Waals surface area contributed by atoms with Gasteiger partial charge in [0, 0.05) is 37.8 Å². The third-order valence-electron chi connectivity index (χ3n) is 4.45. The lowest BCUT2D eigenvalue weighted by atomic mass is 10.1. The number of aryl methyl sites for hydroxylation is 1. The average molecular weight is 306 g/mol. The number of amides is 1. The number of methoxy groups -OCH3 is 1. The second kappa shape index (κ2) is 7.61. The lowest BCUT2D eigenvalue weighted by molar-refractivity contribution is 0.0472. The third kappa shape index (κ3) is 3.59. The van der Waals surface area contributed by atoms with Crippen molar-refractivity contribution in [2.75, 3.05) is 39.9 Å². The maximum Gasteiger partial charge on any atom is 0.254 e. The number of rotatable bonds is 5. The first-order valence-corrected chi connectivity index (χ1v) is 7.89. The minimum Gasteiger partial charge on any atom is -0.496 e. The molecule has 22 heavy (non-hydrogen) atoms. The van der Waals surface area contributed by atoms with Crippen LogP contribution in [0.5, 0.6) is 5.75 Å². The van der Waals surface area contributed by atoms with Gasteiger partial charge in [0.1, 0.15) is 5.75 Å². The topological polar surface area (TPSA) is 53.0 Å². The molecule has 1 aromatic rings. The number of carbonyl (C=O) groups is 1. The van der Waals surface area contributed by atoms with E-state index in [4.69, 9.17) is 4.74 Å². The van der Waals surface area contributed by atoms with E-state index in [1.807, 2.05) is 30.0 Å². The molecule has 1 fully saturated rings. The van der Waals surface area contributed by atoms with Crippen molar-refractivity contribution in [3.05, 3.63) is 29.3 Å². The number of aliphatic hydroxyl groups is 1. The molecule has 1 unspecified atom stereocenters. The van der Waals surface area contributed by atoms with Crippen LogP contribution < -0.4 is 4.74 Å².